The fourth-order valence-corrected chi connectivity index (χ4v) is 5.12. The third kappa shape index (κ3) is 5.07. The van der Waals surface area contributed by atoms with Crippen LogP contribution in [0.4, 0.5) is 5.69 Å². The minimum Gasteiger partial charge on any atom is -0.492 e. The minimum absolute atomic E-state index is 0.0583. The number of anilines is 1. The molecule has 9 nitrogen and oxygen atoms in total. The molecule has 1 aromatic heterocycles. The number of sulfonamides is 1. The summed E-state index contributed by atoms with van der Waals surface area (Å²) in [6.07, 6.45) is 2.26. The van der Waals surface area contributed by atoms with Gasteiger partial charge in [-0.2, -0.15) is 9.40 Å². The molecule has 0 saturated carbocycles. The van der Waals surface area contributed by atoms with Gasteiger partial charge in [-0.05, 0) is 39.3 Å². The molecule has 0 radical (unpaired) electrons. The molecule has 1 saturated heterocycles. The number of piperazine rings is 1. The highest BCUT2D eigenvalue weighted by molar-refractivity contribution is 7.89. The molecule has 32 heavy (non-hydrogen) atoms. The Kier molecular flexibility index (Phi) is 7.78. The van der Waals surface area contributed by atoms with Gasteiger partial charge in [0.15, 0.2) is 0 Å². The van der Waals surface area contributed by atoms with Gasteiger partial charge in [-0.15, -0.1) is 0 Å². The summed E-state index contributed by atoms with van der Waals surface area (Å²) in [6, 6.07) is 7.71. The number of para-hydroxylation sites is 2. The average Bonchev–Trinajstić information content (AvgIpc) is 3.25. The van der Waals surface area contributed by atoms with Crippen LogP contribution in [0.15, 0.2) is 35.5 Å². The lowest BCUT2D eigenvalue weighted by Gasteiger charge is -2.35. The Morgan fingerprint density at radius 1 is 1.16 bits per heavy atom. The number of carbonyl (C=O) groups excluding carboxylic acids is 1. The van der Waals surface area contributed by atoms with Gasteiger partial charge in [0.25, 0.3) is 15.9 Å². The third-order valence-corrected chi connectivity index (χ3v) is 7.45. The maximum atomic E-state index is 13.4. The van der Waals surface area contributed by atoms with E-state index < -0.39 is 15.9 Å². The van der Waals surface area contributed by atoms with Crippen LogP contribution in [0, 0.1) is 0 Å². The molecule has 1 N–H and O–H groups in total. The molecule has 1 aliphatic rings. The van der Waals surface area contributed by atoms with E-state index in [0.717, 1.165) is 17.9 Å². The van der Waals surface area contributed by atoms with Crippen molar-refractivity contribution in [3.63, 3.8) is 0 Å². The number of benzene rings is 1. The molecule has 10 heteroatoms. The van der Waals surface area contributed by atoms with Gasteiger partial charge in [0.2, 0.25) is 5.03 Å². The van der Waals surface area contributed by atoms with Crippen LogP contribution in [0.25, 0.3) is 0 Å². The molecule has 0 aliphatic carbocycles. The second-order valence-corrected chi connectivity index (χ2v) is 9.63. The number of ether oxygens (including phenoxy) is 1. The van der Waals surface area contributed by atoms with Crippen LogP contribution in [-0.4, -0.2) is 67.2 Å². The topological polar surface area (TPSA) is 96.8 Å². The highest BCUT2D eigenvalue weighted by Gasteiger charge is 2.35. The molecular formula is C22H33N5O4S. The lowest BCUT2D eigenvalue weighted by atomic mass is 10.2. The number of amides is 1. The number of rotatable bonds is 9. The molecule has 176 valence electrons. The Balaban J connectivity index is 1.80. The molecule has 0 bridgehead atoms. The summed E-state index contributed by atoms with van der Waals surface area (Å²) >= 11 is 0. The standard InChI is InChI=1S/C22H33N5O4S/c1-5-17(4)23-21(28)18-16-26(6-2)24-22(18)32(29,30)27-14-12-25(13-15-27)19-10-8-9-11-20(19)31-7-3/h8-11,16-17H,5-7,12-15H2,1-4H3,(H,23,28)/t17-/m1/s1. The van der Waals surface area contributed by atoms with Crippen LogP contribution >= 0.6 is 0 Å². The van der Waals surface area contributed by atoms with Crippen molar-refractivity contribution < 1.29 is 17.9 Å². The highest BCUT2D eigenvalue weighted by atomic mass is 32.2. The first-order chi connectivity index (χ1) is 15.3. The van der Waals surface area contributed by atoms with Crippen molar-refractivity contribution in [3.05, 3.63) is 36.0 Å². The Morgan fingerprint density at radius 2 is 1.84 bits per heavy atom. The zero-order chi connectivity index (χ0) is 23.3. The Labute approximate surface area is 190 Å². The van der Waals surface area contributed by atoms with Gasteiger partial charge in [-0.3, -0.25) is 9.48 Å². The van der Waals surface area contributed by atoms with E-state index in [-0.39, 0.29) is 16.6 Å². The van der Waals surface area contributed by atoms with Crippen LogP contribution < -0.4 is 15.0 Å². The maximum absolute atomic E-state index is 13.4. The first-order valence-corrected chi connectivity index (χ1v) is 12.6. The monoisotopic (exact) mass is 463 g/mol. The summed E-state index contributed by atoms with van der Waals surface area (Å²) in [4.78, 5) is 14.9. The normalized spacial score (nSPS) is 16.1. The number of nitrogens with zero attached hydrogens (tertiary/aromatic N) is 4. The van der Waals surface area contributed by atoms with Crippen LogP contribution in [-0.2, 0) is 16.6 Å². The van der Waals surface area contributed by atoms with Gasteiger partial charge in [0.05, 0.1) is 17.9 Å². The number of aromatic nitrogens is 2. The van der Waals surface area contributed by atoms with Crippen LogP contribution in [0.2, 0.25) is 0 Å². The summed E-state index contributed by atoms with van der Waals surface area (Å²) < 4.78 is 35.5. The van der Waals surface area contributed by atoms with Crippen LogP contribution in [0.3, 0.4) is 0 Å². The molecule has 3 rings (SSSR count). The number of hydrogen-bond acceptors (Lipinski definition) is 6. The van der Waals surface area contributed by atoms with Crippen molar-refractivity contribution in [2.24, 2.45) is 0 Å². The number of nitrogens with one attached hydrogen (secondary N) is 1. The molecular weight excluding hydrogens is 430 g/mol. The van der Waals surface area contributed by atoms with E-state index in [1.165, 1.54) is 15.2 Å². The largest absolute Gasteiger partial charge is 0.492 e. The lowest BCUT2D eigenvalue weighted by Crippen LogP contribution is -2.49. The summed E-state index contributed by atoms with van der Waals surface area (Å²) in [5.74, 6) is 0.374. The van der Waals surface area contributed by atoms with Gasteiger partial charge in [-0.1, -0.05) is 19.1 Å². The van der Waals surface area contributed by atoms with E-state index in [4.69, 9.17) is 4.74 Å². The summed E-state index contributed by atoms with van der Waals surface area (Å²) in [5, 5.41) is 6.91. The van der Waals surface area contributed by atoms with E-state index in [1.54, 1.807) is 0 Å². The van der Waals surface area contributed by atoms with Gasteiger partial charge >= 0.3 is 0 Å². The molecule has 0 spiro atoms. The fraction of sp³-hybridized carbons (Fsp3) is 0.545. The van der Waals surface area contributed by atoms with Crippen molar-refractivity contribution in [3.8, 4) is 5.75 Å². The highest BCUT2D eigenvalue weighted by Crippen LogP contribution is 2.30. The van der Waals surface area contributed by atoms with Crippen molar-refractivity contribution in [2.45, 2.75) is 51.7 Å². The molecule has 1 fully saturated rings. The molecule has 1 aliphatic heterocycles. The molecule has 0 unspecified atom stereocenters. The minimum atomic E-state index is -3.91. The van der Waals surface area contributed by atoms with E-state index in [0.29, 0.717) is 39.3 Å². The number of hydrogen-bond donors (Lipinski definition) is 1. The predicted octanol–water partition coefficient (Wildman–Crippen LogP) is 2.34. The van der Waals surface area contributed by atoms with Crippen LogP contribution in [0.1, 0.15) is 44.5 Å². The van der Waals surface area contributed by atoms with Crippen molar-refractivity contribution in [1.29, 1.82) is 0 Å². The Bertz CT molecular complexity index is 1030. The SMILES string of the molecule is CCOc1ccccc1N1CCN(S(=O)(=O)c2nn(CC)cc2C(=O)N[C@H](C)CC)CC1. The quantitative estimate of drug-likeness (QED) is 0.613. The summed E-state index contributed by atoms with van der Waals surface area (Å²) in [6.45, 7) is 10.3. The zero-order valence-electron chi connectivity index (χ0n) is 19.2. The van der Waals surface area contributed by atoms with E-state index >= 15 is 0 Å². The first-order valence-electron chi connectivity index (χ1n) is 11.2. The van der Waals surface area contributed by atoms with E-state index in [9.17, 15) is 13.2 Å². The summed E-state index contributed by atoms with van der Waals surface area (Å²) in [5.41, 5.74) is 1.05. The van der Waals surface area contributed by atoms with E-state index in [1.807, 2.05) is 52.0 Å². The summed E-state index contributed by atoms with van der Waals surface area (Å²) in [7, 11) is -3.91. The maximum Gasteiger partial charge on any atom is 0.263 e. The van der Waals surface area contributed by atoms with Crippen LogP contribution in [0.5, 0.6) is 5.75 Å². The zero-order valence-corrected chi connectivity index (χ0v) is 20.1. The molecule has 2 aromatic rings. The van der Waals surface area contributed by atoms with Gasteiger partial charge < -0.3 is 15.0 Å². The number of aryl methyl sites for hydroxylation is 1. The van der Waals surface area contributed by atoms with Gasteiger partial charge in [0.1, 0.15) is 5.75 Å². The lowest BCUT2D eigenvalue weighted by molar-refractivity contribution is 0.0935. The van der Waals surface area contributed by atoms with Crippen molar-refractivity contribution in [2.75, 3.05) is 37.7 Å². The Hall–Kier alpha value is -2.59. The van der Waals surface area contributed by atoms with Gasteiger partial charge in [-0.25, -0.2) is 8.42 Å². The second-order valence-electron chi connectivity index (χ2n) is 7.78. The van der Waals surface area contributed by atoms with E-state index in [2.05, 4.69) is 15.3 Å². The molecule has 1 amide bonds. The molecule has 2 heterocycles. The van der Waals surface area contributed by atoms with Gasteiger partial charge in [0, 0.05) is 45.0 Å². The van der Waals surface area contributed by atoms with Crippen molar-refractivity contribution in [1.82, 2.24) is 19.4 Å². The smallest absolute Gasteiger partial charge is 0.263 e. The van der Waals surface area contributed by atoms with Crippen molar-refractivity contribution >= 4 is 21.6 Å². The average molecular weight is 464 g/mol. The number of carbonyl (C=O) groups is 1. The fourth-order valence-electron chi connectivity index (χ4n) is 3.60. The predicted molar refractivity (Wildman–Crippen MR) is 124 cm³/mol. The second kappa shape index (κ2) is 10.4. The molecule has 1 atom stereocenters. The first kappa shape index (κ1) is 24.1. The molecule has 1 aromatic carbocycles. The third-order valence-electron chi connectivity index (χ3n) is 5.61. The Morgan fingerprint density at radius 3 is 2.47 bits per heavy atom.